The second-order valence-electron chi connectivity index (χ2n) is 11.8. The van der Waals surface area contributed by atoms with Crippen molar-refractivity contribution in [3.05, 3.63) is 95.1 Å². The van der Waals surface area contributed by atoms with Gasteiger partial charge in [-0.1, -0.05) is 37.6 Å². The maximum atomic E-state index is 13.1. The van der Waals surface area contributed by atoms with Crippen LogP contribution in [0.3, 0.4) is 0 Å². The van der Waals surface area contributed by atoms with Crippen LogP contribution in [-0.2, 0) is 22.6 Å². The van der Waals surface area contributed by atoms with Crippen LogP contribution in [0.4, 0.5) is 18.9 Å². The van der Waals surface area contributed by atoms with Crippen molar-refractivity contribution in [2.75, 3.05) is 36.8 Å². The first kappa shape index (κ1) is 32.0. The van der Waals surface area contributed by atoms with Crippen molar-refractivity contribution < 1.29 is 26.4 Å². The van der Waals surface area contributed by atoms with Crippen LogP contribution in [-0.4, -0.2) is 57.2 Å². The Morgan fingerprint density at radius 1 is 0.886 bits per heavy atom. The molecule has 2 aliphatic rings. The zero-order valence-electron chi connectivity index (χ0n) is 25.0. The summed E-state index contributed by atoms with van der Waals surface area (Å²) in [6.07, 6.45) is 1.15. The molecule has 2 fully saturated rings. The normalized spacial score (nSPS) is 20.0. The van der Waals surface area contributed by atoms with E-state index >= 15 is 0 Å². The number of carbonyl (C=O) groups excluding carboxylic acids is 1. The minimum absolute atomic E-state index is 0.0330. The fourth-order valence-electron chi connectivity index (χ4n) is 6.26. The molecule has 3 aromatic rings. The molecule has 0 saturated carbocycles. The zero-order valence-corrected chi connectivity index (χ0v) is 25.8. The number of nitrogens with zero attached hydrogens (tertiary/aromatic N) is 2. The second kappa shape index (κ2) is 13.7. The smallest absolute Gasteiger partial charge is 0.367 e. The average molecular weight is 628 g/mol. The first-order valence-corrected chi connectivity index (χ1v) is 17.0. The average Bonchev–Trinajstić information content (AvgIpc) is 3.04. The van der Waals surface area contributed by atoms with Crippen LogP contribution in [0.25, 0.3) is 0 Å². The predicted molar refractivity (Wildman–Crippen MR) is 167 cm³/mol. The molecular formula is C34H40F3N3O3S. The summed E-state index contributed by atoms with van der Waals surface area (Å²) in [4.78, 5) is 18.1. The summed E-state index contributed by atoms with van der Waals surface area (Å²) < 4.78 is 63.5. The van der Waals surface area contributed by atoms with Gasteiger partial charge < -0.3 is 15.1 Å². The number of piperidine rings is 2. The van der Waals surface area contributed by atoms with Crippen molar-refractivity contribution in [3.63, 3.8) is 0 Å². The van der Waals surface area contributed by atoms with Crippen molar-refractivity contribution >= 4 is 21.4 Å². The number of carbonyl (C=O) groups is 1. The lowest BCUT2D eigenvalue weighted by atomic mass is 9.86. The lowest BCUT2D eigenvalue weighted by Crippen LogP contribution is -2.49. The van der Waals surface area contributed by atoms with Gasteiger partial charge in [0.25, 0.3) is 5.91 Å². The SMILES string of the molecule is CCS(=O)(=O)c1ccc(CNC(=O)c2ccc(N3CC(c4ccc(C(F)(F)F)cc4)CC[C@H]3CN3CCCCC3)cc2)cc1. The molecule has 5 rings (SSSR count). The Kier molecular flexibility index (Phi) is 10.00. The molecule has 0 aliphatic carbocycles. The lowest BCUT2D eigenvalue weighted by molar-refractivity contribution is -0.137. The molecule has 0 aromatic heterocycles. The summed E-state index contributed by atoms with van der Waals surface area (Å²) in [5, 5.41) is 2.90. The molecule has 3 aromatic carbocycles. The number of likely N-dealkylation sites (tertiary alicyclic amines) is 1. The first-order chi connectivity index (χ1) is 21.0. The number of alkyl halides is 3. The number of hydrogen-bond donors (Lipinski definition) is 1. The van der Waals surface area contributed by atoms with Crippen molar-refractivity contribution in [3.8, 4) is 0 Å². The Hall–Kier alpha value is -3.37. The molecular weight excluding hydrogens is 587 g/mol. The molecule has 2 aliphatic heterocycles. The van der Waals surface area contributed by atoms with E-state index < -0.39 is 21.6 Å². The number of amides is 1. The Labute approximate surface area is 258 Å². The Morgan fingerprint density at radius 3 is 2.16 bits per heavy atom. The Bertz CT molecular complexity index is 1500. The van der Waals surface area contributed by atoms with Gasteiger partial charge in [-0.15, -0.1) is 0 Å². The molecule has 0 radical (unpaired) electrons. The van der Waals surface area contributed by atoms with Gasteiger partial charge in [0.05, 0.1) is 16.2 Å². The van der Waals surface area contributed by atoms with Crippen molar-refractivity contribution in [2.45, 2.75) is 68.6 Å². The third-order valence-electron chi connectivity index (χ3n) is 8.91. The lowest BCUT2D eigenvalue weighted by Gasteiger charge is -2.44. The van der Waals surface area contributed by atoms with Gasteiger partial charge in [0, 0.05) is 42.8 Å². The van der Waals surface area contributed by atoms with Crippen LogP contribution in [0.2, 0.25) is 0 Å². The van der Waals surface area contributed by atoms with E-state index in [1.165, 1.54) is 31.4 Å². The quantitative estimate of drug-likeness (QED) is 0.287. The molecule has 2 atom stereocenters. The van der Waals surface area contributed by atoms with E-state index in [-0.39, 0.29) is 35.1 Å². The van der Waals surface area contributed by atoms with Crippen LogP contribution in [0.1, 0.15) is 72.0 Å². The number of benzene rings is 3. The van der Waals surface area contributed by atoms with E-state index in [0.717, 1.165) is 49.3 Å². The molecule has 6 nitrogen and oxygen atoms in total. The summed E-state index contributed by atoms with van der Waals surface area (Å²) in [7, 11) is -3.28. The highest BCUT2D eigenvalue weighted by Crippen LogP contribution is 2.36. The van der Waals surface area contributed by atoms with Gasteiger partial charge in [0.15, 0.2) is 9.84 Å². The van der Waals surface area contributed by atoms with E-state index in [1.54, 1.807) is 55.5 Å². The number of rotatable bonds is 9. The highest BCUT2D eigenvalue weighted by atomic mass is 32.2. The standard InChI is InChI=1S/C34H40F3N3O3S/c1-2-44(42,43)32-18-6-25(7-19-32)22-38-33(41)27-10-15-30(16-11-27)40-23-28(26-8-13-29(14-9-26)34(35,36)37)12-17-31(40)24-39-20-4-3-5-21-39/h6-11,13-16,18-19,28,31H,2-5,12,17,20-24H2,1H3,(H,38,41)/t28?,31-/m0/s1. The van der Waals surface area contributed by atoms with Gasteiger partial charge in [0.1, 0.15) is 0 Å². The number of sulfone groups is 1. The zero-order chi connectivity index (χ0) is 31.3. The summed E-state index contributed by atoms with van der Waals surface area (Å²) in [5.74, 6) is -0.0879. The number of anilines is 1. The summed E-state index contributed by atoms with van der Waals surface area (Å²) in [6.45, 7) is 5.68. The number of hydrogen-bond acceptors (Lipinski definition) is 5. The van der Waals surface area contributed by atoms with Crippen LogP contribution < -0.4 is 10.2 Å². The van der Waals surface area contributed by atoms with Crippen LogP contribution in [0.5, 0.6) is 0 Å². The summed E-state index contributed by atoms with van der Waals surface area (Å²) in [6, 6.07) is 19.9. The molecule has 1 N–H and O–H groups in total. The van der Waals surface area contributed by atoms with E-state index in [4.69, 9.17) is 0 Å². The molecule has 44 heavy (non-hydrogen) atoms. The highest BCUT2D eigenvalue weighted by Gasteiger charge is 2.33. The second-order valence-corrected chi connectivity index (χ2v) is 14.1. The molecule has 0 bridgehead atoms. The maximum absolute atomic E-state index is 13.1. The van der Waals surface area contributed by atoms with Crippen LogP contribution in [0, 0.1) is 0 Å². The molecule has 10 heteroatoms. The van der Waals surface area contributed by atoms with Gasteiger partial charge in [-0.05, 0) is 98.4 Å². The van der Waals surface area contributed by atoms with Gasteiger partial charge in [0.2, 0.25) is 0 Å². The molecule has 2 saturated heterocycles. The van der Waals surface area contributed by atoms with Crippen LogP contribution in [0.15, 0.2) is 77.7 Å². The van der Waals surface area contributed by atoms with E-state index in [0.29, 0.717) is 12.1 Å². The fraction of sp³-hybridized carbons (Fsp3) is 0.441. The molecule has 1 amide bonds. The predicted octanol–water partition coefficient (Wildman–Crippen LogP) is 6.67. The third-order valence-corrected chi connectivity index (χ3v) is 10.7. The molecule has 2 heterocycles. The van der Waals surface area contributed by atoms with E-state index in [9.17, 15) is 26.4 Å². The number of halogens is 3. The highest BCUT2D eigenvalue weighted by molar-refractivity contribution is 7.91. The summed E-state index contributed by atoms with van der Waals surface area (Å²) in [5.41, 5.74) is 2.59. The van der Waals surface area contributed by atoms with Crippen molar-refractivity contribution in [2.24, 2.45) is 0 Å². The largest absolute Gasteiger partial charge is 0.416 e. The topological polar surface area (TPSA) is 69.7 Å². The van der Waals surface area contributed by atoms with E-state index in [2.05, 4.69) is 15.1 Å². The number of nitrogens with one attached hydrogen (secondary N) is 1. The third kappa shape index (κ3) is 7.82. The van der Waals surface area contributed by atoms with Gasteiger partial charge in [-0.2, -0.15) is 13.2 Å². The first-order valence-electron chi connectivity index (χ1n) is 15.4. The molecule has 236 valence electrons. The van der Waals surface area contributed by atoms with Crippen LogP contribution >= 0.6 is 0 Å². The van der Waals surface area contributed by atoms with E-state index in [1.807, 2.05) is 12.1 Å². The van der Waals surface area contributed by atoms with Gasteiger partial charge in [-0.3, -0.25) is 4.79 Å². The van der Waals surface area contributed by atoms with Crippen molar-refractivity contribution in [1.82, 2.24) is 10.2 Å². The Balaban J connectivity index is 1.27. The summed E-state index contributed by atoms with van der Waals surface area (Å²) >= 11 is 0. The molecule has 1 unspecified atom stereocenters. The Morgan fingerprint density at radius 2 is 1.55 bits per heavy atom. The minimum atomic E-state index is -4.35. The maximum Gasteiger partial charge on any atom is 0.416 e. The van der Waals surface area contributed by atoms with Crippen molar-refractivity contribution in [1.29, 1.82) is 0 Å². The van der Waals surface area contributed by atoms with Gasteiger partial charge >= 0.3 is 6.18 Å². The minimum Gasteiger partial charge on any atom is -0.367 e. The fourth-order valence-corrected chi connectivity index (χ4v) is 7.14. The molecule has 0 spiro atoms. The monoisotopic (exact) mass is 627 g/mol. The van der Waals surface area contributed by atoms with Gasteiger partial charge in [-0.25, -0.2) is 8.42 Å².